The lowest BCUT2D eigenvalue weighted by Crippen LogP contribution is -2.46. The van der Waals surface area contributed by atoms with Crippen molar-refractivity contribution in [2.24, 2.45) is 16.6 Å². The SMILES string of the molecule is CC(C)C(NC1=NCCS1)C(N)=O. The Bertz CT molecular complexity index is 227. The largest absolute Gasteiger partial charge is 0.368 e. The Morgan fingerprint density at radius 3 is 2.77 bits per heavy atom. The molecule has 0 spiro atoms. The molecule has 0 aromatic heterocycles. The fourth-order valence-electron chi connectivity index (χ4n) is 1.12. The molecule has 0 saturated carbocycles. The lowest BCUT2D eigenvalue weighted by molar-refractivity contribution is -0.120. The van der Waals surface area contributed by atoms with Crippen molar-refractivity contribution in [2.45, 2.75) is 19.9 Å². The second kappa shape index (κ2) is 4.50. The van der Waals surface area contributed by atoms with Crippen LogP contribution in [0.1, 0.15) is 13.8 Å². The maximum absolute atomic E-state index is 11.0. The van der Waals surface area contributed by atoms with Gasteiger partial charge in [0.2, 0.25) is 5.91 Å². The maximum Gasteiger partial charge on any atom is 0.240 e. The van der Waals surface area contributed by atoms with Gasteiger partial charge in [-0.1, -0.05) is 25.6 Å². The predicted octanol–water partition coefficient (Wildman–Crippen LogP) is 0.189. The van der Waals surface area contributed by atoms with Crippen LogP contribution in [0.5, 0.6) is 0 Å². The van der Waals surface area contributed by atoms with Crippen LogP contribution in [0, 0.1) is 5.92 Å². The van der Waals surface area contributed by atoms with Crippen LogP contribution in [0.15, 0.2) is 4.99 Å². The number of primary amides is 1. The van der Waals surface area contributed by atoms with Crippen LogP contribution in [0.3, 0.4) is 0 Å². The highest BCUT2D eigenvalue weighted by atomic mass is 32.2. The molecule has 1 heterocycles. The summed E-state index contributed by atoms with van der Waals surface area (Å²) in [5.41, 5.74) is 5.25. The highest BCUT2D eigenvalue weighted by Gasteiger charge is 2.21. The molecule has 13 heavy (non-hydrogen) atoms. The smallest absolute Gasteiger partial charge is 0.240 e. The van der Waals surface area contributed by atoms with Gasteiger partial charge in [-0.25, -0.2) is 0 Å². The van der Waals surface area contributed by atoms with E-state index in [1.165, 1.54) is 0 Å². The molecule has 1 rings (SSSR count). The Hall–Kier alpha value is -0.710. The van der Waals surface area contributed by atoms with Gasteiger partial charge in [0.1, 0.15) is 6.04 Å². The minimum Gasteiger partial charge on any atom is -0.368 e. The van der Waals surface area contributed by atoms with E-state index in [1.807, 2.05) is 13.8 Å². The summed E-state index contributed by atoms with van der Waals surface area (Å²) in [4.78, 5) is 15.2. The summed E-state index contributed by atoms with van der Waals surface area (Å²) in [6, 6.07) is -0.302. The summed E-state index contributed by atoms with van der Waals surface area (Å²) in [6.45, 7) is 4.75. The van der Waals surface area contributed by atoms with Crippen LogP contribution in [0.2, 0.25) is 0 Å². The van der Waals surface area contributed by atoms with Crippen molar-refractivity contribution in [3.8, 4) is 0 Å². The lowest BCUT2D eigenvalue weighted by atomic mass is 10.0. The van der Waals surface area contributed by atoms with Crippen molar-refractivity contribution >= 4 is 22.8 Å². The summed E-state index contributed by atoms with van der Waals surface area (Å²) < 4.78 is 0. The van der Waals surface area contributed by atoms with Crippen molar-refractivity contribution in [1.29, 1.82) is 0 Å². The van der Waals surface area contributed by atoms with Gasteiger partial charge in [-0.2, -0.15) is 0 Å². The van der Waals surface area contributed by atoms with Crippen LogP contribution >= 0.6 is 11.8 Å². The van der Waals surface area contributed by atoms with E-state index in [1.54, 1.807) is 11.8 Å². The van der Waals surface area contributed by atoms with Gasteiger partial charge in [-0.3, -0.25) is 9.79 Å². The first-order valence-corrected chi connectivity index (χ1v) is 5.33. The second-order valence-corrected chi connectivity index (χ2v) is 4.39. The van der Waals surface area contributed by atoms with Crippen LogP contribution in [-0.2, 0) is 4.79 Å². The fourth-order valence-corrected chi connectivity index (χ4v) is 1.89. The van der Waals surface area contributed by atoms with Crippen molar-refractivity contribution in [3.05, 3.63) is 0 Å². The number of thioether (sulfide) groups is 1. The molecular weight excluding hydrogens is 186 g/mol. The number of carbonyl (C=O) groups excluding carboxylic acids is 1. The quantitative estimate of drug-likeness (QED) is 0.685. The van der Waals surface area contributed by atoms with Gasteiger partial charge in [0.05, 0.1) is 6.54 Å². The Labute approximate surface area is 82.4 Å². The van der Waals surface area contributed by atoms with E-state index in [0.29, 0.717) is 0 Å². The molecular formula is C8H15N3OS. The molecule has 3 N–H and O–H groups in total. The molecule has 0 saturated heterocycles. The molecule has 0 fully saturated rings. The Morgan fingerprint density at radius 2 is 2.38 bits per heavy atom. The predicted molar refractivity (Wildman–Crippen MR) is 55.7 cm³/mol. The number of aliphatic imine (C=N–C) groups is 1. The normalized spacial score (nSPS) is 18.5. The molecule has 4 nitrogen and oxygen atoms in total. The summed E-state index contributed by atoms with van der Waals surface area (Å²) in [6.07, 6.45) is 0. The van der Waals surface area contributed by atoms with Crippen LogP contribution < -0.4 is 11.1 Å². The van der Waals surface area contributed by atoms with Gasteiger partial charge in [0, 0.05) is 5.75 Å². The molecule has 1 aliphatic heterocycles. The number of carbonyl (C=O) groups is 1. The fraction of sp³-hybridized carbons (Fsp3) is 0.750. The standard InChI is InChI=1S/C8H15N3OS/c1-5(2)6(7(9)12)11-8-10-3-4-13-8/h5-6H,3-4H2,1-2H3,(H2,9,12)(H,10,11). The number of nitrogens with two attached hydrogens (primary N) is 1. The lowest BCUT2D eigenvalue weighted by Gasteiger charge is -2.19. The van der Waals surface area contributed by atoms with E-state index in [4.69, 9.17) is 5.73 Å². The van der Waals surface area contributed by atoms with Gasteiger partial charge >= 0.3 is 0 Å². The molecule has 0 radical (unpaired) electrons. The molecule has 1 aliphatic rings. The minimum atomic E-state index is -0.315. The third-order valence-corrected chi connectivity index (χ3v) is 2.74. The number of amides is 1. The van der Waals surface area contributed by atoms with Crippen LogP contribution in [0.4, 0.5) is 0 Å². The van der Waals surface area contributed by atoms with Gasteiger partial charge in [0.25, 0.3) is 0 Å². The Kier molecular flexibility index (Phi) is 3.59. The first-order valence-electron chi connectivity index (χ1n) is 4.34. The second-order valence-electron chi connectivity index (χ2n) is 3.30. The maximum atomic E-state index is 11.0. The van der Waals surface area contributed by atoms with Gasteiger partial charge in [0.15, 0.2) is 5.17 Å². The summed E-state index contributed by atoms with van der Waals surface area (Å²) in [5, 5.41) is 3.90. The van der Waals surface area contributed by atoms with Crippen LogP contribution in [-0.4, -0.2) is 29.4 Å². The average Bonchev–Trinajstić information content (AvgIpc) is 2.50. The van der Waals surface area contributed by atoms with Crippen molar-refractivity contribution in [2.75, 3.05) is 12.3 Å². The summed E-state index contributed by atoms with van der Waals surface area (Å²) in [5.74, 6) is 0.873. The highest BCUT2D eigenvalue weighted by Crippen LogP contribution is 2.11. The zero-order valence-electron chi connectivity index (χ0n) is 7.91. The number of amidine groups is 1. The number of rotatable bonds is 3. The van der Waals surface area contributed by atoms with Crippen molar-refractivity contribution in [1.82, 2.24) is 5.32 Å². The number of hydrogen-bond acceptors (Lipinski definition) is 4. The number of hydrogen-bond donors (Lipinski definition) is 2. The molecule has 0 bridgehead atoms. The van der Waals surface area contributed by atoms with E-state index in [-0.39, 0.29) is 17.9 Å². The van der Waals surface area contributed by atoms with Crippen LogP contribution in [0.25, 0.3) is 0 Å². The molecule has 74 valence electrons. The third-order valence-electron chi connectivity index (χ3n) is 1.84. The van der Waals surface area contributed by atoms with Crippen molar-refractivity contribution < 1.29 is 4.79 Å². The van der Waals surface area contributed by atoms with E-state index in [2.05, 4.69) is 10.3 Å². The first-order chi connectivity index (χ1) is 6.11. The third kappa shape index (κ3) is 2.91. The van der Waals surface area contributed by atoms with Crippen molar-refractivity contribution in [3.63, 3.8) is 0 Å². The molecule has 1 amide bonds. The molecule has 5 heteroatoms. The minimum absolute atomic E-state index is 0.196. The Morgan fingerprint density at radius 1 is 1.69 bits per heavy atom. The molecule has 1 atom stereocenters. The first kappa shape index (κ1) is 10.4. The molecule has 0 aliphatic carbocycles. The summed E-state index contributed by atoms with van der Waals surface area (Å²) >= 11 is 1.64. The number of nitrogens with one attached hydrogen (secondary N) is 1. The van der Waals surface area contributed by atoms with Gasteiger partial charge in [-0.15, -0.1) is 0 Å². The van der Waals surface area contributed by atoms with Gasteiger partial charge < -0.3 is 11.1 Å². The summed E-state index contributed by atoms with van der Waals surface area (Å²) in [7, 11) is 0. The molecule has 0 aromatic rings. The molecule has 1 unspecified atom stereocenters. The average molecular weight is 201 g/mol. The highest BCUT2D eigenvalue weighted by molar-refractivity contribution is 8.14. The zero-order chi connectivity index (χ0) is 9.84. The van der Waals surface area contributed by atoms with E-state index >= 15 is 0 Å². The Balaban J connectivity index is 2.51. The van der Waals surface area contributed by atoms with E-state index in [0.717, 1.165) is 17.5 Å². The monoisotopic (exact) mass is 201 g/mol. The zero-order valence-corrected chi connectivity index (χ0v) is 8.73. The van der Waals surface area contributed by atoms with E-state index in [9.17, 15) is 4.79 Å². The topological polar surface area (TPSA) is 67.5 Å². The number of nitrogens with zero attached hydrogens (tertiary/aromatic N) is 1. The van der Waals surface area contributed by atoms with E-state index < -0.39 is 0 Å². The molecule has 0 aromatic carbocycles. The van der Waals surface area contributed by atoms with Gasteiger partial charge in [-0.05, 0) is 5.92 Å².